The van der Waals surface area contributed by atoms with Gasteiger partial charge in [0.2, 0.25) is 0 Å². The van der Waals surface area contributed by atoms with Crippen molar-refractivity contribution in [2.24, 2.45) is 0 Å². The number of nitrogens with two attached hydrogens (primary N) is 1. The van der Waals surface area contributed by atoms with Gasteiger partial charge in [-0.15, -0.1) is 0 Å². The number of ketones is 1. The van der Waals surface area contributed by atoms with Gasteiger partial charge in [-0.3, -0.25) is 4.79 Å². The van der Waals surface area contributed by atoms with Crippen molar-refractivity contribution in [3.8, 4) is 11.5 Å². The third kappa shape index (κ3) is 2.77. The van der Waals surface area contributed by atoms with Gasteiger partial charge in [-0.25, -0.2) is 0 Å². The van der Waals surface area contributed by atoms with Crippen LogP contribution in [0.2, 0.25) is 0 Å². The van der Waals surface area contributed by atoms with Crippen LogP contribution in [0, 0.1) is 0 Å². The monoisotopic (exact) mass is 335 g/mol. The van der Waals surface area contributed by atoms with Gasteiger partial charge in [-0.2, -0.15) is 0 Å². The number of hydrogen-bond donors (Lipinski definition) is 1. The summed E-state index contributed by atoms with van der Waals surface area (Å²) in [4.78, 5) is 12.6. The SMILES string of the molecule is COc1ccc(C(=O)c2cc(Br)ccc2N)c(OC)c1. The molecule has 104 valence electrons. The molecule has 0 heterocycles. The van der Waals surface area contributed by atoms with Crippen LogP contribution in [-0.4, -0.2) is 20.0 Å². The average molecular weight is 336 g/mol. The molecule has 0 unspecified atom stereocenters. The van der Waals surface area contributed by atoms with Crippen molar-refractivity contribution in [3.63, 3.8) is 0 Å². The van der Waals surface area contributed by atoms with E-state index in [2.05, 4.69) is 15.9 Å². The van der Waals surface area contributed by atoms with Gasteiger partial charge in [0.1, 0.15) is 11.5 Å². The van der Waals surface area contributed by atoms with Crippen molar-refractivity contribution in [1.29, 1.82) is 0 Å². The number of nitrogen functional groups attached to an aromatic ring is 1. The summed E-state index contributed by atoms with van der Waals surface area (Å²) in [6, 6.07) is 10.2. The molecule has 4 nitrogen and oxygen atoms in total. The second kappa shape index (κ2) is 5.96. The van der Waals surface area contributed by atoms with Crippen molar-refractivity contribution in [2.45, 2.75) is 0 Å². The van der Waals surface area contributed by atoms with Crippen LogP contribution in [0.3, 0.4) is 0 Å². The molecule has 0 spiro atoms. The molecule has 0 aromatic heterocycles. The number of anilines is 1. The number of rotatable bonds is 4. The fraction of sp³-hybridized carbons (Fsp3) is 0.133. The van der Waals surface area contributed by atoms with Crippen molar-refractivity contribution in [2.75, 3.05) is 20.0 Å². The summed E-state index contributed by atoms with van der Waals surface area (Å²) in [5.74, 6) is 0.887. The van der Waals surface area contributed by atoms with Crippen LogP contribution in [0.25, 0.3) is 0 Å². The number of hydrogen-bond acceptors (Lipinski definition) is 4. The molecule has 0 fully saturated rings. The second-order valence-electron chi connectivity index (χ2n) is 4.13. The summed E-state index contributed by atoms with van der Waals surface area (Å²) in [5, 5.41) is 0. The Balaban J connectivity index is 2.50. The lowest BCUT2D eigenvalue weighted by Crippen LogP contribution is -2.07. The highest BCUT2D eigenvalue weighted by atomic mass is 79.9. The highest BCUT2D eigenvalue weighted by molar-refractivity contribution is 9.10. The van der Waals surface area contributed by atoms with E-state index in [0.717, 1.165) is 4.47 Å². The van der Waals surface area contributed by atoms with Gasteiger partial charge in [0.25, 0.3) is 0 Å². The summed E-state index contributed by atoms with van der Waals surface area (Å²) in [6.45, 7) is 0. The van der Waals surface area contributed by atoms with E-state index in [-0.39, 0.29) is 5.78 Å². The van der Waals surface area contributed by atoms with E-state index in [1.54, 1.807) is 43.5 Å². The third-order valence-corrected chi connectivity index (χ3v) is 3.41. The van der Waals surface area contributed by atoms with E-state index < -0.39 is 0 Å². The second-order valence-corrected chi connectivity index (χ2v) is 5.04. The molecule has 0 saturated heterocycles. The molecule has 0 saturated carbocycles. The minimum absolute atomic E-state index is 0.191. The molecule has 0 bridgehead atoms. The quantitative estimate of drug-likeness (QED) is 0.688. The van der Waals surface area contributed by atoms with Crippen molar-refractivity contribution in [3.05, 3.63) is 52.0 Å². The maximum atomic E-state index is 12.6. The number of benzene rings is 2. The fourth-order valence-corrected chi connectivity index (χ4v) is 2.22. The third-order valence-electron chi connectivity index (χ3n) is 2.91. The number of methoxy groups -OCH3 is 2. The number of ether oxygens (including phenoxy) is 2. The number of carbonyl (C=O) groups is 1. The van der Waals surface area contributed by atoms with Crippen molar-refractivity contribution >= 4 is 27.4 Å². The largest absolute Gasteiger partial charge is 0.497 e. The highest BCUT2D eigenvalue weighted by Crippen LogP contribution is 2.29. The summed E-state index contributed by atoms with van der Waals surface area (Å²) in [5.41, 5.74) is 7.17. The zero-order valence-corrected chi connectivity index (χ0v) is 12.7. The first-order valence-corrected chi connectivity index (χ1v) is 6.68. The van der Waals surface area contributed by atoms with Crippen LogP contribution < -0.4 is 15.2 Å². The summed E-state index contributed by atoms with van der Waals surface area (Å²) in [7, 11) is 3.07. The summed E-state index contributed by atoms with van der Waals surface area (Å²) < 4.78 is 11.2. The lowest BCUT2D eigenvalue weighted by atomic mass is 10.0. The predicted molar refractivity (Wildman–Crippen MR) is 81.5 cm³/mol. The van der Waals surface area contributed by atoms with E-state index in [1.807, 2.05) is 0 Å². The van der Waals surface area contributed by atoms with Gasteiger partial charge in [-0.1, -0.05) is 15.9 Å². The zero-order valence-electron chi connectivity index (χ0n) is 11.1. The first-order valence-electron chi connectivity index (χ1n) is 5.88. The van der Waals surface area contributed by atoms with E-state index in [0.29, 0.717) is 28.3 Å². The molecule has 0 aliphatic carbocycles. The van der Waals surface area contributed by atoms with Crippen LogP contribution in [0.15, 0.2) is 40.9 Å². The van der Waals surface area contributed by atoms with Crippen LogP contribution in [0.1, 0.15) is 15.9 Å². The summed E-state index contributed by atoms with van der Waals surface area (Å²) in [6.07, 6.45) is 0. The minimum Gasteiger partial charge on any atom is -0.497 e. The lowest BCUT2D eigenvalue weighted by Gasteiger charge is -2.11. The van der Waals surface area contributed by atoms with Gasteiger partial charge < -0.3 is 15.2 Å². The van der Waals surface area contributed by atoms with Gasteiger partial charge >= 0.3 is 0 Å². The summed E-state index contributed by atoms with van der Waals surface area (Å²) >= 11 is 3.34. The minimum atomic E-state index is -0.191. The molecule has 0 aliphatic heterocycles. The van der Waals surface area contributed by atoms with E-state index in [1.165, 1.54) is 7.11 Å². The Morgan fingerprint density at radius 1 is 1.05 bits per heavy atom. The van der Waals surface area contributed by atoms with Crippen LogP contribution >= 0.6 is 15.9 Å². The van der Waals surface area contributed by atoms with Gasteiger partial charge in [0.15, 0.2) is 5.78 Å². The Kier molecular flexibility index (Phi) is 4.29. The standard InChI is InChI=1S/C15H14BrNO3/c1-19-10-4-5-11(14(8-10)20-2)15(18)12-7-9(16)3-6-13(12)17/h3-8H,17H2,1-2H3. The zero-order chi connectivity index (χ0) is 14.7. The molecular weight excluding hydrogens is 322 g/mol. The fourth-order valence-electron chi connectivity index (χ4n) is 1.86. The van der Waals surface area contributed by atoms with Gasteiger partial charge in [0, 0.05) is 21.8 Å². The van der Waals surface area contributed by atoms with E-state index in [9.17, 15) is 4.79 Å². The van der Waals surface area contributed by atoms with Crippen LogP contribution in [0.5, 0.6) is 11.5 Å². The Morgan fingerprint density at radius 3 is 2.45 bits per heavy atom. The molecule has 0 atom stereocenters. The average Bonchev–Trinajstić information content (AvgIpc) is 2.48. The lowest BCUT2D eigenvalue weighted by molar-refractivity contribution is 0.103. The maximum absolute atomic E-state index is 12.6. The Hall–Kier alpha value is -2.01. The smallest absolute Gasteiger partial charge is 0.198 e. The Morgan fingerprint density at radius 2 is 1.80 bits per heavy atom. The van der Waals surface area contributed by atoms with Crippen LogP contribution in [0.4, 0.5) is 5.69 Å². The van der Waals surface area contributed by atoms with E-state index in [4.69, 9.17) is 15.2 Å². The van der Waals surface area contributed by atoms with Crippen LogP contribution in [-0.2, 0) is 0 Å². The predicted octanol–water partition coefficient (Wildman–Crippen LogP) is 3.28. The molecule has 2 aromatic carbocycles. The molecule has 0 radical (unpaired) electrons. The van der Waals surface area contributed by atoms with Crippen molar-refractivity contribution in [1.82, 2.24) is 0 Å². The van der Waals surface area contributed by atoms with E-state index >= 15 is 0 Å². The molecule has 2 aromatic rings. The molecule has 0 aliphatic rings. The first-order chi connectivity index (χ1) is 9.56. The molecule has 2 rings (SSSR count). The number of halogens is 1. The Bertz CT molecular complexity index is 656. The first kappa shape index (κ1) is 14.4. The Labute approximate surface area is 125 Å². The van der Waals surface area contributed by atoms with Gasteiger partial charge in [0.05, 0.1) is 19.8 Å². The highest BCUT2D eigenvalue weighted by Gasteiger charge is 2.17. The maximum Gasteiger partial charge on any atom is 0.198 e. The van der Waals surface area contributed by atoms with Gasteiger partial charge in [-0.05, 0) is 30.3 Å². The molecule has 5 heteroatoms. The molecule has 2 N–H and O–H groups in total. The topological polar surface area (TPSA) is 61.5 Å². The number of carbonyl (C=O) groups excluding carboxylic acids is 1. The molecular formula is C15H14BrNO3. The van der Waals surface area contributed by atoms with Crippen molar-refractivity contribution < 1.29 is 14.3 Å². The molecule has 0 amide bonds. The molecule has 20 heavy (non-hydrogen) atoms. The normalized spacial score (nSPS) is 10.2.